The first-order chi connectivity index (χ1) is 17.1. The van der Waals surface area contributed by atoms with Crippen molar-refractivity contribution < 1.29 is 24.1 Å². The molecule has 4 aromatic rings. The van der Waals surface area contributed by atoms with Gasteiger partial charge in [0, 0.05) is 5.56 Å². The zero-order valence-corrected chi connectivity index (χ0v) is 19.0. The van der Waals surface area contributed by atoms with E-state index in [9.17, 15) is 9.90 Å². The van der Waals surface area contributed by atoms with E-state index in [0.717, 1.165) is 5.69 Å². The highest BCUT2D eigenvalue weighted by atomic mass is 16.5. The number of ether oxygens (including phenoxy) is 3. The molecule has 11 nitrogen and oxygen atoms in total. The summed E-state index contributed by atoms with van der Waals surface area (Å²) in [5.41, 5.74) is 0.699. The average molecular weight is 474 g/mol. The van der Waals surface area contributed by atoms with E-state index in [4.69, 9.17) is 14.2 Å². The maximum absolute atomic E-state index is 12.9. The van der Waals surface area contributed by atoms with Gasteiger partial charge in [-0.2, -0.15) is 9.97 Å². The molecular formula is C24H22N6O5. The van der Waals surface area contributed by atoms with Gasteiger partial charge in [0.25, 0.3) is 0 Å². The van der Waals surface area contributed by atoms with E-state index in [0.29, 0.717) is 17.0 Å². The smallest absolute Gasteiger partial charge is 0.347 e. The van der Waals surface area contributed by atoms with Gasteiger partial charge in [0.15, 0.2) is 5.82 Å². The van der Waals surface area contributed by atoms with Crippen LogP contribution < -0.4 is 19.5 Å². The molecule has 3 heterocycles. The van der Waals surface area contributed by atoms with Crippen molar-refractivity contribution in [2.24, 2.45) is 0 Å². The molecule has 0 spiro atoms. The third-order valence-electron chi connectivity index (χ3n) is 5.88. The Morgan fingerprint density at radius 1 is 1.06 bits per heavy atom. The number of methoxy groups -OCH3 is 2. The van der Waals surface area contributed by atoms with Crippen LogP contribution in [0.5, 0.6) is 17.8 Å². The van der Waals surface area contributed by atoms with Gasteiger partial charge in [0.05, 0.1) is 32.5 Å². The number of nitrogens with zero attached hydrogens (tertiary/aromatic N) is 5. The summed E-state index contributed by atoms with van der Waals surface area (Å²) in [5, 5.41) is 22.2. The molecule has 2 aromatic carbocycles. The normalized spacial score (nSPS) is 17.4. The van der Waals surface area contributed by atoms with Gasteiger partial charge in [-0.05, 0) is 11.6 Å². The van der Waals surface area contributed by atoms with Gasteiger partial charge in [-0.3, -0.25) is 9.88 Å². The molecule has 0 bridgehead atoms. The number of rotatable bonds is 7. The summed E-state index contributed by atoms with van der Waals surface area (Å²) in [6.45, 7) is 0.221. The van der Waals surface area contributed by atoms with E-state index in [-0.39, 0.29) is 24.3 Å². The summed E-state index contributed by atoms with van der Waals surface area (Å²) >= 11 is 0. The minimum Gasteiger partial charge on any atom is -0.481 e. The number of nitrogens with one attached hydrogen (secondary N) is 1. The molecule has 5 rings (SSSR count). The Morgan fingerprint density at radius 3 is 2.43 bits per heavy atom. The molecule has 2 aromatic heterocycles. The van der Waals surface area contributed by atoms with Crippen LogP contribution >= 0.6 is 0 Å². The summed E-state index contributed by atoms with van der Waals surface area (Å²) in [5.74, 6) is -0.256. The lowest BCUT2D eigenvalue weighted by Gasteiger charge is -2.39. The lowest BCUT2D eigenvalue weighted by atomic mass is 9.77. The maximum atomic E-state index is 12.9. The first kappa shape index (κ1) is 22.3. The molecular weight excluding hydrogens is 452 g/mol. The zero-order valence-electron chi connectivity index (χ0n) is 19.0. The van der Waals surface area contributed by atoms with Gasteiger partial charge in [-0.25, -0.2) is 4.79 Å². The molecule has 0 unspecified atom stereocenters. The van der Waals surface area contributed by atoms with Crippen LogP contribution in [0.15, 0.2) is 67.0 Å². The number of benzene rings is 2. The van der Waals surface area contributed by atoms with Crippen LogP contribution in [-0.2, 0) is 16.9 Å². The highest BCUT2D eigenvalue weighted by Crippen LogP contribution is 2.40. The van der Waals surface area contributed by atoms with E-state index in [2.05, 4.69) is 25.5 Å². The topological polar surface area (TPSA) is 134 Å². The number of fused-ring (bicyclic) bond motifs is 3. The lowest BCUT2D eigenvalue weighted by Crippen LogP contribution is -2.57. The molecule has 2 atom stereocenters. The van der Waals surface area contributed by atoms with E-state index in [1.54, 1.807) is 6.33 Å². The number of hydrogen-bond acceptors (Lipinski definition) is 9. The number of carbonyl (C=O) groups is 1. The van der Waals surface area contributed by atoms with Crippen LogP contribution in [0.25, 0.3) is 5.69 Å². The van der Waals surface area contributed by atoms with Crippen LogP contribution in [0.3, 0.4) is 0 Å². The predicted octanol–water partition coefficient (Wildman–Crippen LogP) is 1.95. The van der Waals surface area contributed by atoms with Crippen molar-refractivity contribution in [3.8, 4) is 23.5 Å². The second-order valence-corrected chi connectivity index (χ2v) is 7.73. The number of aromatic nitrogens is 5. The monoisotopic (exact) mass is 474 g/mol. The quantitative estimate of drug-likeness (QED) is 0.409. The Morgan fingerprint density at radius 2 is 1.74 bits per heavy atom. The van der Waals surface area contributed by atoms with Crippen molar-refractivity contribution in [2.45, 2.75) is 18.2 Å². The SMILES string of the molecule is COc1cc(OC)nc(O[C@H](C(=O)O)[C@@]2(c3ccccc3)NCc3nncn3-c3ccccc32)n1. The molecule has 178 valence electrons. The van der Waals surface area contributed by atoms with Crippen molar-refractivity contribution in [1.29, 1.82) is 0 Å². The molecule has 2 N–H and O–H groups in total. The first-order valence-electron chi connectivity index (χ1n) is 10.7. The summed E-state index contributed by atoms with van der Waals surface area (Å²) in [4.78, 5) is 21.3. The zero-order chi connectivity index (χ0) is 24.4. The fourth-order valence-electron chi connectivity index (χ4n) is 4.33. The Bertz CT molecular complexity index is 1340. The van der Waals surface area contributed by atoms with Crippen LogP contribution in [0.1, 0.15) is 17.0 Å². The molecule has 0 amide bonds. The molecule has 11 heteroatoms. The average Bonchev–Trinajstić information content (AvgIpc) is 3.32. The van der Waals surface area contributed by atoms with Gasteiger partial charge in [0.2, 0.25) is 17.9 Å². The second-order valence-electron chi connectivity index (χ2n) is 7.73. The number of para-hydroxylation sites is 1. The van der Waals surface area contributed by atoms with Gasteiger partial charge in [-0.15, -0.1) is 10.2 Å². The van der Waals surface area contributed by atoms with Crippen LogP contribution in [0.2, 0.25) is 0 Å². The van der Waals surface area contributed by atoms with E-state index >= 15 is 0 Å². The Kier molecular flexibility index (Phi) is 5.75. The van der Waals surface area contributed by atoms with Crippen LogP contribution in [0.4, 0.5) is 0 Å². The third-order valence-corrected chi connectivity index (χ3v) is 5.88. The lowest BCUT2D eigenvalue weighted by molar-refractivity contribution is -0.149. The highest BCUT2D eigenvalue weighted by Gasteiger charge is 2.51. The number of hydrogen-bond donors (Lipinski definition) is 2. The summed E-state index contributed by atoms with van der Waals surface area (Å²) in [6, 6.07) is 18.0. The van der Waals surface area contributed by atoms with Crippen molar-refractivity contribution in [3.63, 3.8) is 0 Å². The number of carboxylic acid groups (broad SMARTS) is 1. The van der Waals surface area contributed by atoms with Crippen LogP contribution in [-0.4, -0.2) is 56.1 Å². The molecule has 0 radical (unpaired) electrons. The number of carboxylic acids is 1. The van der Waals surface area contributed by atoms with E-state index in [1.807, 2.05) is 59.2 Å². The standard InChI is InChI=1S/C24H22N6O5/c1-33-19-12-20(34-2)28-23(27-19)35-21(22(31)32)24(15-8-4-3-5-9-15)16-10-6-7-11-17(16)30-14-26-29-18(30)13-25-24/h3-12,14,21,25H,13H2,1-2H3,(H,31,32)/t21-,24+/m1/s1. The fourth-order valence-corrected chi connectivity index (χ4v) is 4.33. The van der Waals surface area contributed by atoms with E-state index < -0.39 is 17.6 Å². The number of aliphatic carboxylic acids is 1. The Balaban J connectivity index is 1.74. The predicted molar refractivity (Wildman–Crippen MR) is 123 cm³/mol. The Labute approximate surface area is 200 Å². The van der Waals surface area contributed by atoms with Gasteiger partial charge in [-0.1, -0.05) is 48.5 Å². The molecule has 1 aliphatic heterocycles. The third kappa shape index (κ3) is 3.81. The fraction of sp³-hybridized carbons (Fsp3) is 0.208. The largest absolute Gasteiger partial charge is 0.481 e. The molecule has 0 saturated heterocycles. The Hall–Kier alpha value is -4.51. The maximum Gasteiger partial charge on any atom is 0.347 e. The minimum atomic E-state index is -1.50. The second kappa shape index (κ2) is 9.03. The van der Waals surface area contributed by atoms with Crippen molar-refractivity contribution in [3.05, 3.63) is 83.9 Å². The van der Waals surface area contributed by atoms with Crippen molar-refractivity contribution in [1.82, 2.24) is 30.0 Å². The van der Waals surface area contributed by atoms with Crippen LogP contribution in [0, 0.1) is 0 Å². The van der Waals surface area contributed by atoms with Gasteiger partial charge < -0.3 is 19.3 Å². The highest BCUT2D eigenvalue weighted by molar-refractivity contribution is 5.77. The molecule has 1 aliphatic rings. The van der Waals surface area contributed by atoms with Gasteiger partial charge >= 0.3 is 12.0 Å². The van der Waals surface area contributed by atoms with Crippen molar-refractivity contribution >= 4 is 5.97 Å². The molecule has 35 heavy (non-hydrogen) atoms. The molecule has 0 saturated carbocycles. The van der Waals surface area contributed by atoms with E-state index in [1.165, 1.54) is 20.3 Å². The van der Waals surface area contributed by atoms with Crippen molar-refractivity contribution in [2.75, 3.05) is 14.2 Å². The summed E-state index contributed by atoms with van der Waals surface area (Å²) in [6.07, 6.45) is 0.101. The molecule has 0 fully saturated rings. The first-order valence-corrected chi connectivity index (χ1v) is 10.7. The minimum absolute atomic E-state index is 0.171. The summed E-state index contributed by atoms with van der Waals surface area (Å²) in [7, 11) is 2.87. The summed E-state index contributed by atoms with van der Waals surface area (Å²) < 4.78 is 18.3. The van der Waals surface area contributed by atoms with Gasteiger partial charge in [0.1, 0.15) is 11.9 Å². The molecule has 0 aliphatic carbocycles.